The number of hydrogen-bond donors (Lipinski definition) is 0. The lowest BCUT2D eigenvalue weighted by molar-refractivity contribution is -0.137. The summed E-state index contributed by atoms with van der Waals surface area (Å²) in [6, 6.07) is 8.52. The summed E-state index contributed by atoms with van der Waals surface area (Å²) in [5.41, 5.74) is 2.64. The molecule has 5 heteroatoms. The standard InChI is InChI=1S/C17H23NO3S/c1-2-8-18(17(19)15-7-9-22(20,21)12-15)16-10-13-5-3-4-6-14(13)11-16/h3-6,15-16H,2,7-12H2,1H3/t15-/m0/s1. The van der Waals surface area contributed by atoms with Crippen LogP contribution in [0.2, 0.25) is 0 Å². The predicted octanol–water partition coefficient (Wildman–Crippen LogP) is 1.83. The van der Waals surface area contributed by atoms with Crippen molar-refractivity contribution in [2.45, 2.75) is 38.6 Å². The largest absolute Gasteiger partial charge is 0.339 e. The van der Waals surface area contributed by atoms with Gasteiger partial charge in [-0.15, -0.1) is 0 Å². The van der Waals surface area contributed by atoms with Crippen LogP contribution in [0.5, 0.6) is 0 Å². The van der Waals surface area contributed by atoms with E-state index < -0.39 is 9.84 Å². The maximum absolute atomic E-state index is 12.8. The molecule has 1 aliphatic carbocycles. The van der Waals surface area contributed by atoms with Gasteiger partial charge in [-0.05, 0) is 36.8 Å². The van der Waals surface area contributed by atoms with Crippen molar-refractivity contribution in [2.24, 2.45) is 5.92 Å². The molecule has 120 valence electrons. The third kappa shape index (κ3) is 3.05. The maximum atomic E-state index is 12.8. The van der Waals surface area contributed by atoms with Crippen LogP contribution in [0.3, 0.4) is 0 Å². The molecular weight excluding hydrogens is 298 g/mol. The van der Waals surface area contributed by atoms with Crippen LogP contribution < -0.4 is 0 Å². The van der Waals surface area contributed by atoms with Gasteiger partial charge in [-0.2, -0.15) is 0 Å². The summed E-state index contributed by atoms with van der Waals surface area (Å²) < 4.78 is 23.3. The van der Waals surface area contributed by atoms with Crippen LogP contribution in [-0.4, -0.2) is 43.3 Å². The van der Waals surface area contributed by atoms with E-state index in [9.17, 15) is 13.2 Å². The minimum absolute atomic E-state index is 0.0334. The van der Waals surface area contributed by atoms with Gasteiger partial charge in [0.25, 0.3) is 0 Å². The molecule has 1 amide bonds. The van der Waals surface area contributed by atoms with Crippen LogP contribution in [0, 0.1) is 5.92 Å². The number of carbonyl (C=O) groups is 1. The van der Waals surface area contributed by atoms with Crippen LogP contribution in [0.15, 0.2) is 24.3 Å². The van der Waals surface area contributed by atoms with E-state index in [0.29, 0.717) is 13.0 Å². The van der Waals surface area contributed by atoms with E-state index in [4.69, 9.17) is 0 Å². The maximum Gasteiger partial charge on any atom is 0.227 e. The first-order valence-corrected chi connectivity index (χ1v) is 9.90. The zero-order chi connectivity index (χ0) is 15.7. The van der Waals surface area contributed by atoms with Gasteiger partial charge in [-0.3, -0.25) is 4.79 Å². The zero-order valence-corrected chi connectivity index (χ0v) is 13.8. The minimum Gasteiger partial charge on any atom is -0.339 e. The van der Waals surface area contributed by atoms with E-state index in [2.05, 4.69) is 19.1 Å². The van der Waals surface area contributed by atoms with E-state index in [1.165, 1.54) is 11.1 Å². The van der Waals surface area contributed by atoms with Gasteiger partial charge in [0.1, 0.15) is 0 Å². The molecule has 3 rings (SSSR count). The van der Waals surface area contributed by atoms with Gasteiger partial charge in [-0.1, -0.05) is 31.2 Å². The average Bonchev–Trinajstić information content (AvgIpc) is 3.06. The quantitative estimate of drug-likeness (QED) is 0.850. The third-order valence-electron chi connectivity index (χ3n) is 4.80. The Morgan fingerprint density at radius 2 is 1.86 bits per heavy atom. The van der Waals surface area contributed by atoms with E-state index in [1.807, 2.05) is 17.0 Å². The number of amides is 1. The Bertz CT molecular complexity index is 643. The monoisotopic (exact) mass is 321 g/mol. The molecule has 22 heavy (non-hydrogen) atoms. The topological polar surface area (TPSA) is 54.5 Å². The summed E-state index contributed by atoms with van der Waals surface area (Å²) in [4.78, 5) is 14.8. The van der Waals surface area contributed by atoms with E-state index in [0.717, 1.165) is 19.3 Å². The number of sulfone groups is 1. The molecule has 1 fully saturated rings. The predicted molar refractivity (Wildman–Crippen MR) is 86.4 cm³/mol. The molecule has 0 N–H and O–H groups in total. The fraction of sp³-hybridized carbons (Fsp3) is 0.588. The molecule has 0 radical (unpaired) electrons. The summed E-state index contributed by atoms with van der Waals surface area (Å²) >= 11 is 0. The number of nitrogens with zero attached hydrogens (tertiary/aromatic N) is 1. The second-order valence-corrected chi connectivity index (χ2v) is 8.69. The lowest BCUT2D eigenvalue weighted by Gasteiger charge is -2.31. The SMILES string of the molecule is CCCN(C(=O)[C@H]1CCS(=O)(=O)C1)C1Cc2ccccc2C1. The van der Waals surface area contributed by atoms with Crippen LogP contribution >= 0.6 is 0 Å². The highest BCUT2D eigenvalue weighted by Crippen LogP contribution is 2.28. The molecule has 0 bridgehead atoms. The van der Waals surface area contributed by atoms with Crippen molar-refractivity contribution >= 4 is 15.7 Å². The summed E-state index contributed by atoms with van der Waals surface area (Å²) in [6.45, 7) is 2.78. The highest BCUT2D eigenvalue weighted by atomic mass is 32.2. The number of fused-ring (bicyclic) bond motifs is 1. The molecule has 1 atom stereocenters. The first-order valence-electron chi connectivity index (χ1n) is 8.08. The first kappa shape index (κ1) is 15.5. The minimum atomic E-state index is -3.01. The number of hydrogen-bond acceptors (Lipinski definition) is 3. The number of carbonyl (C=O) groups excluding carboxylic acids is 1. The van der Waals surface area contributed by atoms with Gasteiger partial charge in [0, 0.05) is 12.6 Å². The van der Waals surface area contributed by atoms with Crippen molar-refractivity contribution in [1.29, 1.82) is 0 Å². The lowest BCUT2D eigenvalue weighted by Crippen LogP contribution is -2.45. The molecule has 1 aromatic rings. The van der Waals surface area contributed by atoms with Crippen molar-refractivity contribution in [3.8, 4) is 0 Å². The third-order valence-corrected chi connectivity index (χ3v) is 6.57. The molecule has 1 heterocycles. The number of rotatable bonds is 4. The summed E-state index contributed by atoms with van der Waals surface area (Å²) in [7, 11) is -3.01. The van der Waals surface area contributed by atoms with E-state index >= 15 is 0 Å². The Hall–Kier alpha value is -1.36. The normalized spacial score (nSPS) is 23.4. The Morgan fingerprint density at radius 1 is 1.23 bits per heavy atom. The fourth-order valence-electron chi connectivity index (χ4n) is 3.69. The molecule has 2 aliphatic rings. The van der Waals surface area contributed by atoms with Crippen molar-refractivity contribution in [3.05, 3.63) is 35.4 Å². The van der Waals surface area contributed by atoms with Crippen molar-refractivity contribution in [1.82, 2.24) is 4.90 Å². The first-order chi connectivity index (χ1) is 10.5. The van der Waals surface area contributed by atoms with Crippen molar-refractivity contribution in [2.75, 3.05) is 18.1 Å². The van der Waals surface area contributed by atoms with Crippen LogP contribution in [0.1, 0.15) is 30.9 Å². The molecule has 0 spiro atoms. The van der Waals surface area contributed by atoms with Crippen molar-refractivity contribution < 1.29 is 13.2 Å². The van der Waals surface area contributed by atoms with Gasteiger partial charge in [-0.25, -0.2) is 8.42 Å². The summed E-state index contributed by atoms with van der Waals surface area (Å²) in [5, 5.41) is 0. The molecule has 1 aromatic carbocycles. The Labute approximate surface area is 132 Å². The molecule has 1 aliphatic heterocycles. The average molecular weight is 321 g/mol. The smallest absolute Gasteiger partial charge is 0.227 e. The molecule has 1 saturated heterocycles. The summed E-state index contributed by atoms with van der Waals surface area (Å²) in [6.07, 6.45) is 3.17. The highest BCUT2D eigenvalue weighted by Gasteiger charge is 2.38. The second kappa shape index (κ2) is 6.03. The van der Waals surface area contributed by atoms with Crippen LogP contribution in [0.4, 0.5) is 0 Å². The van der Waals surface area contributed by atoms with E-state index in [-0.39, 0.29) is 29.4 Å². The Kier molecular flexibility index (Phi) is 4.26. The van der Waals surface area contributed by atoms with Gasteiger partial charge in [0.05, 0.1) is 17.4 Å². The van der Waals surface area contributed by atoms with E-state index in [1.54, 1.807) is 0 Å². The molecule has 0 saturated carbocycles. The van der Waals surface area contributed by atoms with Crippen molar-refractivity contribution in [3.63, 3.8) is 0 Å². The molecule has 0 unspecified atom stereocenters. The van der Waals surface area contributed by atoms with Crippen LogP contribution in [-0.2, 0) is 27.5 Å². The van der Waals surface area contributed by atoms with Gasteiger partial charge < -0.3 is 4.90 Å². The van der Waals surface area contributed by atoms with Gasteiger partial charge >= 0.3 is 0 Å². The Morgan fingerprint density at radius 3 is 2.36 bits per heavy atom. The summed E-state index contributed by atoms with van der Waals surface area (Å²) in [5.74, 6) is -0.0963. The van der Waals surface area contributed by atoms with Gasteiger partial charge in [0.15, 0.2) is 9.84 Å². The second-order valence-electron chi connectivity index (χ2n) is 6.46. The van der Waals surface area contributed by atoms with Crippen LogP contribution in [0.25, 0.3) is 0 Å². The molecule has 4 nitrogen and oxygen atoms in total. The zero-order valence-electron chi connectivity index (χ0n) is 13.0. The highest BCUT2D eigenvalue weighted by molar-refractivity contribution is 7.91. The molecular formula is C17H23NO3S. The lowest BCUT2D eigenvalue weighted by atomic mass is 10.0. The molecule has 0 aromatic heterocycles. The number of benzene rings is 1. The van der Waals surface area contributed by atoms with Gasteiger partial charge in [0.2, 0.25) is 5.91 Å². The fourth-order valence-corrected chi connectivity index (χ4v) is 5.43. The Balaban J connectivity index is 1.75.